The first-order chi connectivity index (χ1) is 10.5. The molecule has 0 unspecified atom stereocenters. The highest BCUT2D eigenvalue weighted by molar-refractivity contribution is 7.98. The van der Waals surface area contributed by atoms with E-state index in [-0.39, 0.29) is 5.91 Å². The summed E-state index contributed by atoms with van der Waals surface area (Å²) in [7, 11) is 0. The van der Waals surface area contributed by atoms with Crippen molar-refractivity contribution in [2.24, 2.45) is 0 Å². The van der Waals surface area contributed by atoms with E-state index in [0.29, 0.717) is 18.7 Å². The minimum atomic E-state index is -0.0518. The highest BCUT2D eigenvalue weighted by atomic mass is 32.2. The third kappa shape index (κ3) is 4.27. The molecule has 2 aromatic heterocycles. The van der Waals surface area contributed by atoms with E-state index in [9.17, 15) is 4.79 Å². The first-order valence-electron chi connectivity index (χ1n) is 7.10. The van der Waals surface area contributed by atoms with Gasteiger partial charge < -0.3 is 5.32 Å². The molecule has 0 atom stereocenters. The maximum Gasteiger partial charge on any atom is 0.225 e. The molecule has 0 aromatic carbocycles. The molecule has 6 heteroatoms. The van der Waals surface area contributed by atoms with Crippen molar-refractivity contribution in [3.8, 4) is 0 Å². The molecule has 0 radical (unpaired) electrons. The second-order valence-electron chi connectivity index (χ2n) is 5.13. The Morgan fingerprint density at radius 2 is 1.86 bits per heavy atom. The second kappa shape index (κ2) is 7.35. The molecule has 0 aliphatic rings. The molecular weight excluding hydrogens is 296 g/mol. The lowest BCUT2D eigenvalue weighted by atomic mass is 10.1. The van der Waals surface area contributed by atoms with Crippen molar-refractivity contribution in [2.45, 2.75) is 38.8 Å². The van der Waals surface area contributed by atoms with Gasteiger partial charge in [0.2, 0.25) is 5.91 Å². The molecule has 116 valence electrons. The van der Waals surface area contributed by atoms with E-state index in [4.69, 9.17) is 0 Å². The zero-order valence-corrected chi connectivity index (χ0v) is 14.1. The average molecular weight is 316 g/mol. The molecule has 2 aromatic rings. The molecule has 0 fully saturated rings. The zero-order chi connectivity index (χ0) is 16.1. The summed E-state index contributed by atoms with van der Waals surface area (Å²) < 4.78 is 0. The van der Waals surface area contributed by atoms with Crippen LogP contribution in [-0.2, 0) is 11.2 Å². The zero-order valence-electron chi connectivity index (χ0n) is 13.3. The standard InChI is InChI=1S/C16H20N4OS/c1-10-5-7-14(17-9-10)20-15(21)8-6-13-11(2)18-16(22-4)19-12(13)3/h5,7,9H,6,8H2,1-4H3,(H,17,20,21). The highest BCUT2D eigenvalue weighted by Crippen LogP contribution is 2.17. The van der Waals surface area contributed by atoms with Crippen LogP contribution < -0.4 is 5.32 Å². The average Bonchev–Trinajstić information content (AvgIpc) is 2.48. The Morgan fingerprint density at radius 3 is 2.41 bits per heavy atom. The maximum atomic E-state index is 12.0. The number of amides is 1. The van der Waals surface area contributed by atoms with E-state index in [2.05, 4.69) is 20.3 Å². The number of thioether (sulfide) groups is 1. The van der Waals surface area contributed by atoms with Crippen LogP contribution in [0.2, 0.25) is 0 Å². The number of aryl methyl sites for hydroxylation is 3. The van der Waals surface area contributed by atoms with Gasteiger partial charge in [-0.3, -0.25) is 4.79 Å². The van der Waals surface area contributed by atoms with Crippen LogP contribution >= 0.6 is 11.8 Å². The molecule has 22 heavy (non-hydrogen) atoms. The normalized spacial score (nSPS) is 10.5. The van der Waals surface area contributed by atoms with Crippen molar-refractivity contribution in [1.82, 2.24) is 15.0 Å². The predicted octanol–water partition coefficient (Wildman–Crippen LogP) is 3.09. The summed E-state index contributed by atoms with van der Waals surface area (Å²) in [5.74, 6) is 0.530. The van der Waals surface area contributed by atoms with E-state index in [1.807, 2.05) is 33.1 Å². The van der Waals surface area contributed by atoms with Crippen LogP contribution in [-0.4, -0.2) is 27.1 Å². The lowest BCUT2D eigenvalue weighted by Gasteiger charge is -2.10. The third-order valence-corrected chi connectivity index (χ3v) is 3.91. The van der Waals surface area contributed by atoms with E-state index >= 15 is 0 Å². The number of nitrogens with one attached hydrogen (secondary N) is 1. The molecule has 5 nitrogen and oxygen atoms in total. The third-order valence-electron chi connectivity index (χ3n) is 3.36. The van der Waals surface area contributed by atoms with Crippen LogP contribution in [0.1, 0.15) is 28.9 Å². The molecule has 1 N–H and O–H groups in total. The molecule has 0 saturated heterocycles. The van der Waals surface area contributed by atoms with Gasteiger partial charge in [0, 0.05) is 24.0 Å². The van der Waals surface area contributed by atoms with Gasteiger partial charge in [-0.2, -0.15) is 0 Å². The number of anilines is 1. The number of pyridine rings is 1. The molecular formula is C16H20N4OS. The first-order valence-corrected chi connectivity index (χ1v) is 8.32. The molecule has 0 spiro atoms. The van der Waals surface area contributed by atoms with Crippen LogP contribution in [0.15, 0.2) is 23.5 Å². The van der Waals surface area contributed by atoms with Crippen molar-refractivity contribution < 1.29 is 4.79 Å². The van der Waals surface area contributed by atoms with Crippen molar-refractivity contribution in [3.05, 3.63) is 40.8 Å². The summed E-state index contributed by atoms with van der Waals surface area (Å²) in [6.45, 7) is 5.88. The van der Waals surface area contributed by atoms with Gasteiger partial charge in [-0.15, -0.1) is 0 Å². The topological polar surface area (TPSA) is 67.8 Å². The number of rotatable bonds is 5. The van der Waals surface area contributed by atoms with Gasteiger partial charge in [0.15, 0.2) is 5.16 Å². The van der Waals surface area contributed by atoms with Gasteiger partial charge >= 0.3 is 0 Å². The van der Waals surface area contributed by atoms with E-state index in [1.54, 1.807) is 12.3 Å². The van der Waals surface area contributed by atoms with Gasteiger partial charge in [0.1, 0.15) is 5.82 Å². The van der Waals surface area contributed by atoms with E-state index in [0.717, 1.165) is 27.7 Å². The summed E-state index contributed by atoms with van der Waals surface area (Å²) in [5.41, 5.74) is 4.00. The van der Waals surface area contributed by atoms with Gasteiger partial charge in [-0.25, -0.2) is 15.0 Å². The monoisotopic (exact) mass is 316 g/mol. The van der Waals surface area contributed by atoms with Crippen LogP contribution in [0, 0.1) is 20.8 Å². The van der Waals surface area contributed by atoms with Gasteiger partial charge in [-0.05, 0) is 50.6 Å². The molecule has 0 aliphatic heterocycles. The van der Waals surface area contributed by atoms with Crippen molar-refractivity contribution in [3.63, 3.8) is 0 Å². The maximum absolute atomic E-state index is 12.0. The molecule has 0 aliphatic carbocycles. The fourth-order valence-corrected chi connectivity index (χ4v) is 2.60. The number of nitrogens with zero attached hydrogens (tertiary/aromatic N) is 3. The summed E-state index contributed by atoms with van der Waals surface area (Å²) in [6.07, 6.45) is 4.71. The molecule has 1 amide bonds. The minimum Gasteiger partial charge on any atom is -0.311 e. The Morgan fingerprint density at radius 1 is 1.18 bits per heavy atom. The summed E-state index contributed by atoms with van der Waals surface area (Å²) >= 11 is 1.52. The predicted molar refractivity (Wildman–Crippen MR) is 89.2 cm³/mol. The molecule has 0 bridgehead atoms. The Hall–Kier alpha value is -1.95. The second-order valence-corrected chi connectivity index (χ2v) is 5.90. The number of hydrogen-bond acceptors (Lipinski definition) is 5. The number of aromatic nitrogens is 3. The summed E-state index contributed by atoms with van der Waals surface area (Å²) in [6, 6.07) is 3.73. The van der Waals surface area contributed by atoms with E-state index in [1.165, 1.54) is 11.8 Å². The Kier molecular flexibility index (Phi) is 5.49. The Labute approximate surface area is 135 Å². The fraction of sp³-hybridized carbons (Fsp3) is 0.375. The van der Waals surface area contributed by atoms with Crippen molar-refractivity contribution >= 4 is 23.5 Å². The smallest absolute Gasteiger partial charge is 0.225 e. The van der Waals surface area contributed by atoms with Gasteiger partial charge in [-0.1, -0.05) is 17.8 Å². The molecule has 2 heterocycles. The lowest BCUT2D eigenvalue weighted by molar-refractivity contribution is -0.116. The SMILES string of the molecule is CSc1nc(C)c(CCC(=O)Nc2ccc(C)cn2)c(C)n1. The first kappa shape index (κ1) is 16.4. The highest BCUT2D eigenvalue weighted by Gasteiger charge is 2.11. The Balaban J connectivity index is 1.98. The summed E-state index contributed by atoms with van der Waals surface area (Å²) in [4.78, 5) is 25.1. The van der Waals surface area contributed by atoms with Crippen molar-refractivity contribution in [1.29, 1.82) is 0 Å². The number of carbonyl (C=O) groups excluding carboxylic acids is 1. The van der Waals surface area contributed by atoms with Crippen molar-refractivity contribution in [2.75, 3.05) is 11.6 Å². The number of hydrogen-bond donors (Lipinski definition) is 1. The summed E-state index contributed by atoms with van der Waals surface area (Å²) in [5, 5.41) is 3.58. The van der Waals surface area contributed by atoms with Gasteiger partial charge in [0.05, 0.1) is 0 Å². The van der Waals surface area contributed by atoms with Gasteiger partial charge in [0.25, 0.3) is 0 Å². The quantitative estimate of drug-likeness (QED) is 0.678. The van der Waals surface area contributed by atoms with Crippen LogP contribution in [0.5, 0.6) is 0 Å². The largest absolute Gasteiger partial charge is 0.311 e. The van der Waals surface area contributed by atoms with E-state index < -0.39 is 0 Å². The Bertz CT molecular complexity index is 647. The number of carbonyl (C=O) groups is 1. The fourth-order valence-electron chi connectivity index (χ4n) is 2.15. The lowest BCUT2D eigenvalue weighted by Crippen LogP contribution is -2.14. The van der Waals surface area contributed by atoms with Crippen LogP contribution in [0.3, 0.4) is 0 Å². The van der Waals surface area contributed by atoms with Crippen LogP contribution in [0.4, 0.5) is 5.82 Å². The molecule has 0 saturated carbocycles. The van der Waals surface area contributed by atoms with Crippen LogP contribution in [0.25, 0.3) is 0 Å². The minimum absolute atomic E-state index is 0.0518. The molecule has 2 rings (SSSR count).